The van der Waals surface area contributed by atoms with Gasteiger partial charge in [-0.05, 0) is 29.8 Å². The number of piperazine rings is 1. The van der Waals surface area contributed by atoms with Gasteiger partial charge in [0.1, 0.15) is 6.04 Å². The van der Waals surface area contributed by atoms with E-state index < -0.39 is 0 Å². The summed E-state index contributed by atoms with van der Waals surface area (Å²) >= 11 is 3.45. The van der Waals surface area contributed by atoms with Gasteiger partial charge in [-0.3, -0.25) is 19.1 Å². The van der Waals surface area contributed by atoms with E-state index in [1.54, 1.807) is 10.9 Å². The van der Waals surface area contributed by atoms with Crippen molar-refractivity contribution in [3.05, 3.63) is 34.3 Å². The Morgan fingerprint density at radius 2 is 1.96 bits per heavy atom. The molecular formula is C16H23BrN6O. The molecule has 1 saturated heterocycles. The highest BCUT2D eigenvalue weighted by molar-refractivity contribution is 9.10. The van der Waals surface area contributed by atoms with Gasteiger partial charge < -0.3 is 4.90 Å². The fourth-order valence-corrected chi connectivity index (χ4v) is 3.37. The highest BCUT2D eigenvalue weighted by Crippen LogP contribution is 2.20. The second kappa shape index (κ2) is 7.06. The molecule has 0 aromatic carbocycles. The molecule has 0 aliphatic carbocycles. The number of amides is 1. The lowest BCUT2D eigenvalue weighted by molar-refractivity contribution is -0.136. The van der Waals surface area contributed by atoms with Gasteiger partial charge in [-0.1, -0.05) is 0 Å². The van der Waals surface area contributed by atoms with E-state index in [4.69, 9.17) is 0 Å². The van der Waals surface area contributed by atoms with Gasteiger partial charge in [0.05, 0.1) is 22.6 Å². The molecule has 1 amide bonds. The summed E-state index contributed by atoms with van der Waals surface area (Å²) in [6.07, 6.45) is 5.68. The Balaban J connectivity index is 1.56. The summed E-state index contributed by atoms with van der Waals surface area (Å²) in [5.41, 5.74) is 2.19. The fourth-order valence-electron chi connectivity index (χ4n) is 3.10. The molecular weight excluding hydrogens is 372 g/mol. The van der Waals surface area contributed by atoms with Crippen molar-refractivity contribution in [2.45, 2.75) is 26.4 Å². The molecule has 0 saturated carbocycles. The number of halogens is 1. The van der Waals surface area contributed by atoms with E-state index in [1.165, 1.54) is 5.56 Å². The van der Waals surface area contributed by atoms with Crippen LogP contribution in [0.25, 0.3) is 0 Å². The lowest BCUT2D eigenvalue weighted by Crippen LogP contribution is -2.50. The average Bonchev–Trinajstić information content (AvgIpc) is 3.13. The third-order valence-corrected chi connectivity index (χ3v) is 5.34. The van der Waals surface area contributed by atoms with Crippen LogP contribution in [0.1, 0.15) is 24.2 Å². The summed E-state index contributed by atoms with van der Waals surface area (Å²) in [6, 6.07) is -0.277. The standard InChI is InChI=1S/C16H23BrN6O/c1-12-15(17)9-19-23(12)13(2)16(24)22-6-4-21(5-7-22)11-14-8-18-20(3)10-14/h8-10,13H,4-7,11H2,1-3H3. The first-order chi connectivity index (χ1) is 11.5. The van der Waals surface area contributed by atoms with Gasteiger partial charge in [0, 0.05) is 51.5 Å². The zero-order chi connectivity index (χ0) is 17.3. The second-order valence-corrected chi connectivity index (χ2v) is 7.18. The molecule has 3 heterocycles. The molecule has 1 aliphatic heterocycles. The Kier molecular flexibility index (Phi) is 5.05. The number of nitrogens with zero attached hydrogens (tertiary/aromatic N) is 6. The van der Waals surface area contributed by atoms with E-state index in [0.29, 0.717) is 0 Å². The third-order valence-electron chi connectivity index (χ3n) is 4.56. The summed E-state index contributed by atoms with van der Waals surface area (Å²) in [5.74, 6) is 0.134. The fraction of sp³-hybridized carbons (Fsp3) is 0.562. The lowest BCUT2D eigenvalue weighted by atomic mass is 10.2. The van der Waals surface area contributed by atoms with Crippen LogP contribution in [0.4, 0.5) is 0 Å². The normalized spacial score (nSPS) is 17.2. The van der Waals surface area contributed by atoms with Crippen LogP contribution in [0.15, 0.2) is 23.1 Å². The van der Waals surface area contributed by atoms with E-state index in [-0.39, 0.29) is 11.9 Å². The Bertz CT molecular complexity index is 716. The zero-order valence-corrected chi connectivity index (χ0v) is 15.9. The lowest BCUT2D eigenvalue weighted by Gasteiger charge is -2.35. The number of carbonyl (C=O) groups is 1. The van der Waals surface area contributed by atoms with Gasteiger partial charge >= 0.3 is 0 Å². The minimum Gasteiger partial charge on any atom is -0.338 e. The SMILES string of the molecule is Cc1c(Br)cnn1C(C)C(=O)N1CCN(Cc2cnn(C)c2)CC1. The molecule has 1 unspecified atom stereocenters. The molecule has 0 radical (unpaired) electrons. The van der Waals surface area contributed by atoms with E-state index in [0.717, 1.165) is 42.9 Å². The minimum atomic E-state index is -0.277. The number of carbonyl (C=O) groups excluding carboxylic acids is 1. The maximum atomic E-state index is 12.7. The predicted molar refractivity (Wildman–Crippen MR) is 94.4 cm³/mol. The summed E-state index contributed by atoms with van der Waals surface area (Å²) in [5, 5.41) is 8.51. The Labute approximate surface area is 150 Å². The number of rotatable bonds is 4. The van der Waals surface area contributed by atoms with Crippen LogP contribution >= 0.6 is 15.9 Å². The third kappa shape index (κ3) is 3.54. The predicted octanol–water partition coefficient (Wildman–Crippen LogP) is 1.59. The molecule has 24 heavy (non-hydrogen) atoms. The maximum absolute atomic E-state index is 12.7. The molecule has 2 aromatic heterocycles. The van der Waals surface area contributed by atoms with Crippen molar-refractivity contribution < 1.29 is 4.79 Å². The number of hydrogen-bond donors (Lipinski definition) is 0. The van der Waals surface area contributed by atoms with Gasteiger partial charge in [-0.2, -0.15) is 10.2 Å². The molecule has 130 valence electrons. The Hall–Kier alpha value is -1.67. The Morgan fingerprint density at radius 3 is 2.50 bits per heavy atom. The summed E-state index contributed by atoms with van der Waals surface area (Å²) in [6.45, 7) is 8.04. The van der Waals surface area contributed by atoms with Crippen LogP contribution in [0, 0.1) is 6.92 Å². The molecule has 8 heteroatoms. The van der Waals surface area contributed by atoms with Crippen LogP contribution in [0.2, 0.25) is 0 Å². The van der Waals surface area contributed by atoms with E-state index in [9.17, 15) is 4.79 Å². The van der Waals surface area contributed by atoms with Crippen molar-refractivity contribution in [1.29, 1.82) is 0 Å². The molecule has 3 rings (SSSR count). The van der Waals surface area contributed by atoms with Crippen molar-refractivity contribution in [3.8, 4) is 0 Å². The molecule has 0 spiro atoms. The second-order valence-electron chi connectivity index (χ2n) is 6.32. The molecule has 2 aromatic rings. The van der Waals surface area contributed by atoms with Crippen LogP contribution in [0.3, 0.4) is 0 Å². The van der Waals surface area contributed by atoms with Gasteiger partial charge in [0.2, 0.25) is 5.91 Å². The first-order valence-electron chi connectivity index (χ1n) is 8.14. The van der Waals surface area contributed by atoms with E-state index >= 15 is 0 Å². The Morgan fingerprint density at radius 1 is 1.25 bits per heavy atom. The topological polar surface area (TPSA) is 59.2 Å². The highest BCUT2D eigenvalue weighted by atomic mass is 79.9. The van der Waals surface area contributed by atoms with Crippen LogP contribution < -0.4 is 0 Å². The van der Waals surface area contributed by atoms with Crippen LogP contribution in [-0.2, 0) is 18.4 Å². The van der Waals surface area contributed by atoms with Crippen molar-refractivity contribution >= 4 is 21.8 Å². The summed E-state index contributed by atoms with van der Waals surface area (Å²) in [7, 11) is 1.93. The quantitative estimate of drug-likeness (QED) is 0.789. The first-order valence-corrected chi connectivity index (χ1v) is 8.93. The van der Waals surface area contributed by atoms with E-state index in [2.05, 4.69) is 31.0 Å². The van der Waals surface area contributed by atoms with Gasteiger partial charge in [0.25, 0.3) is 0 Å². The minimum absolute atomic E-state index is 0.134. The largest absolute Gasteiger partial charge is 0.338 e. The number of aromatic nitrogens is 4. The molecule has 0 bridgehead atoms. The zero-order valence-electron chi connectivity index (χ0n) is 14.3. The monoisotopic (exact) mass is 394 g/mol. The van der Waals surface area contributed by atoms with Gasteiger partial charge in [-0.25, -0.2) is 0 Å². The highest BCUT2D eigenvalue weighted by Gasteiger charge is 2.27. The van der Waals surface area contributed by atoms with Crippen molar-refractivity contribution in [2.24, 2.45) is 7.05 Å². The maximum Gasteiger partial charge on any atom is 0.247 e. The van der Waals surface area contributed by atoms with Crippen LogP contribution in [-0.4, -0.2) is 61.4 Å². The van der Waals surface area contributed by atoms with Crippen LogP contribution in [0.5, 0.6) is 0 Å². The molecule has 7 nitrogen and oxygen atoms in total. The van der Waals surface area contributed by atoms with Gasteiger partial charge in [-0.15, -0.1) is 0 Å². The van der Waals surface area contributed by atoms with Crippen molar-refractivity contribution in [1.82, 2.24) is 29.4 Å². The van der Waals surface area contributed by atoms with Crippen molar-refractivity contribution in [3.63, 3.8) is 0 Å². The van der Waals surface area contributed by atoms with E-state index in [1.807, 2.05) is 42.9 Å². The number of hydrogen-bond acceptors (Lipinski definition) is 4. The average molecular weight is 395 g/mol. The molecule has 1 fully saturated rings. The number of aryl methyl sites for hydroxylation is 1. The molecule has 1 aliphatic rings. The molecule has 0 N–H and O–H groups in total. The summed E-state index contributed by atoms with van der Waals surface area (Å²) in [4.78, 5) is 17.1. The van der Waals surface area contributed by atoms with Gasteiger partial charge in [0.15, 0.2) is 0 Å². The summed E-state index contributed by atoms with van der Waals surface area (Å²) < 4.78 is 4.54. The molecule has 1 atom stereocenters. The first kappa shape index (κ1) is 17.2. The van der Waals surface area contributed by atoms with Crippen molar-refractivity contribution in [2.75, 3.05) is 26.2 Å². The smallest absolute Gasteiger partial charge is 0.247 e.